The highest BCUT2D eigenvalue weighted by Gasteiger charge is 2.01. The molecule has 1 aromatic rings. The van der Waals surface area contributed by atoms with E-state index in [1.54, 1.807) is 0 Å². The lowest BCUT2D eigenvalue weighted by Crippen LogP contribution is -2.39. The molecule has 0 heterocycles. The molecule has 0 aliphatic carbocycles. The van der Waals surface area contributed by atoms with Gasteiger partial charge >= 0.3 is 0 Å². The van der Waals surface area contributed by atoms with Gasteiger partial charge in [-0.1, -0.05) is 37.6 Å². The van der Waals surface area contributed by atoms with Gasteiger partial charge < -0.3 is 10.6 Å². The minimum atomic E-state index is 0.623. The Labute approximate surface area is 117 Å². The van der Waals surface area contributed by atoms with E-state index in [1.165, 1.54) is 16.7 Å². The van der Waals surface area contributed by atoms with Crippen LogP contribution in [0.1, 0.15) is 30.5 Å². The Bertz CT molecular complexity index is 422. The molecule has 2 N–H and O–H groups in total. The van der Waals surface area contributed by atoms with Gasteiger partial charge in [-0.05, 0) is 37.3 Å². The van der Waals surface area contributed by atoms with Crippen molar-refractivity contribution in [3.63, 3.8) is 0 Å². The topological polar surface area (TPSA) is 36.4 Å². The third kappa shape index (κ3) is 5.77. The molecule has 0 fully saturated rings. The molecular formula is C16H27N3. The van der Waals surface area contributed by atoms with Gasteiger partial charge in [0.25, 0.3) is 0 Å². The van der Waals surface area contributed by atoms with E-state index < -0.39 is 0 Å². The van der Waals surface area contributed by atoms with Gasteiger partial charge in [-0.3, -0.25) is 4.99 Å². The lowest BCUT2D eigenvalue weighted by Gasteiger charge is -2.14. The summed E-state index contributed by atoms with van der Waals surface area (Å²) in [6.45, 7) is 10.5. The maximum atomic E-state index is 4.22. The van der Waals surface area contributed by atoms with Crippen molar-refractivity contribution in [2.24, 2.45) is 10.9 Å². The van der Waals surface area contributed by atoms with Gasteiger partial charge in [-0.2, -0.15) is 0 Å². The van der Waals surface area contributed by atoms with Crippen molar-refractivity contribution in [1.82, 2.24) is 10.6 Å². The number of benzene rings is 1. The summed E-state index contributed by atoms with van der Waals surface area (Å²) in [7, 11) is 1.81. The van der Waals surface area contributed by atoms with Crippen LogP contribution >= 0.6 is 0 Å². The van der Waals surface area contributed by atoms with Crippen molar-refractivity contribution in [3.8, 4) is 0 Å². The van der Waals surface area contributed by atoms with Crippen LogP contribution < -0.4 is 10.6 Å². The Morgan fingerprint density at radius 2 is 1.95 bits per heavy atom. The molecule has 0 atom stereocenters. The van der Waals surface area contributed by atoms with E-state index in [1.807, 2.05) is 7.05 Å². The third-order valence-corrected chi connectivity index (χ3v) is 3.09. The fourth-order valence-electron chi connectivity index (χ4n) is 1.96. The van der Waals surface area contributed by atoms with E-state index in [9.17, 15) is 0 Å². The first-order valence-electron chi connectivity index (χ1n) is 7.03. The van der Waals surface area contributed by atoms with Gasteiger partial charge in [0, 0.05) is 20.1 Å². The van der Waals surface area contributed by atoms with Crippen LogP contribution in [0, 0.1) is 19.8 Å². The van der Waals surface area contributed by atoms with Crippen LogP contribution in [0.15, 0.2) is 23.2 Å². The van der Waals surface area contributed by atoms with E-state index in [0.717, 1.165) is 25.5 Å². The molecule has 3 nitrogen and oxygen atoms in total. The van der Waals surface area contributed by atoms with E-state index in [2.05, 4.69) is 61.5 Å². The van der Waals surface area contributed by atoms with E-state index >= 15 is 0 Å². The molecule has 0 amide bonds. The average Bonchev–Trinajstić information content (AvgIpc) is 2.35. The summed E-state index contributed by atoms with van der Waals surface area (Å²) in [5.74, 6) is 1.51. The standard InChI is InChI=1S/C16H27N3/c1-12(2)11-19-16(17-5)18-9-8-15-7-6-13(3)10-14(15)4/h6-7,10,12H,8-9,11H2,1-5H3,(H2,17,18,19). The Hall–Kier alpha value is -1.51. The summed E-state index contributed by atoms with van der Waals surface area (Å²) in [6, 6.07) is 6.63. The zero-order valence-corrected chi connectivity index (χ0v) is 12.9. The zero-order valence-electron chi connectivity index (χ0n) is 12.9. The molecule has 0 aliphatic heterocycles. The first-order valence-corrected chi connectivity index (χ1v) is 7.03. The molecule has 0 aliphatic rings. The van der Waals surface area contributed by atoms with Crippen molar-refractivity contribution in [3.05, 3.63) is 34.9 Å². The normalized spacial score (nSPS) is 11.8. The van der Waals surface area contributed by atoms with Crippen molar-refractivity contribution in [2.45, 2.75) is 34.1 Å². The van der Waals surface area contributed by atoms with Gasteiger partial charge in [-0.15, -0.1) is 0 Å². The van der Waals surface area contributed by atoms with E-state index in [-0.39, 0.29) is 0 Å². The molecule has 0 radical (unpaired) electrons. The first kappa shape index (κ1) is 15.5. The van der Waals surface area contributed by atoms with Crippen LogP contribution in [0.25, 0.3) is 0 Å². The van der Waals surface area contributed by atoms with Gasteiger partial charge in [0.05, 0.1) is 0 Å². The third-order valence-electron chi connectivity index (χ3n) is 3.09. The molecule has 106 valence electrons. The summed E-state index contributed by atoms with van der Waals surface area (Å²) < 4.78 is 0. The summed E-state index contributed by atoms with van der Waals surface area (Å²) >= 11 is 0. The highest BCUT2D eigenvalue weighted by molar-refractivity contribution is 5.79. The van der Waals surface area contributed by atoms with Gasteiger partial charge in [0.2, 0.25) is 0 Å². The Morgan fingerprint density at radius 1 is 1.21 bits per heavy atom. The molecule has 19 heavy (non-hydrogen) atoms. The summed E-state index contributed by atoms with van der Waals surface area (Å²) in [5, 5.41) is 6.67. The summed E-state index contributed by atoms with van der Waals surface area (Å²) in [5.41, 5.74) is 4.09. The number of nitrogens with one attached hydrogen (secondary N) is 2. The van der Waals surface area contributed by atoms with Crippen molar-refractivity contribution in [1.29, 1.82) is 0 Å². The number of nitrogens with zero attached hydrogens (tertiary/aromatic N) is 1. The quantitative estimate of drug-likeness (QED) is 0.631. The van der Waals surface area contributed by atoms with Gasteiger partial charge in [0.1, 0.15) is 0 Å². The van der Waals surface area contributed by atoms with Crippen LogP contribution in [0.3, 0.4) is 0 Å². The Morgan fingerprint density at radius 3 is 2.53 bits per heavy atom. The SMILES string of the molecule is CN=C(NCCc1ccc(C)cc1C)NCC(C)C. The minimum Gasteiger partial charge on any atom is -0.356 e. The summed E-state index contributed by atoms with van der Waals surface area (Å²) in [4.78, 5) is 4.22. The number of hydrogen-bond donors (Lipinski definition) is 2. The second-order valence-electron chi connectivity index (χ2n) is 5.45. The second kappa shape index (κ2) is 7.82. The predicted molar refractivity (Wildman–Crippen MR) is 83.8 cm³/mol. The van der Waals surface area contributed by atoms with Crippen molar-refractivity contribution in [2.75, 3.05) is 20.1 Å². The van der Waals surface area contributed by atoms with Crippen LogP contribution in [0.4, 0.5) is 0 Å². The number of rotatable bonds is 5. The molecule has 3 heteroatoms. The maximum absolute atomic E-state index is 4.22. The fourth-order valence-corrected chi connectivity index (χ4v) is 1.96. The maximum Gasteiger partial charge on any atom is 0.190 e. The lowest BCUT2D eigenvalue weighted by atomic mass is 10.0. The molecule has 1 aromatic carbocycles. The Kier molecular flexibility index (Phi) is 6.40. The fraction of sp³-hybridized carbons (Fsp3) is 0.562. The lowest BCUT2D eigenvalue weighted by molar-refractivity contribution is 0.614. The monoisotopic (exact) mass is 261 g/mol. The molecule has 1 rings (SSSR count). The number of guanidine groups is 1. The van der Waals surface area contributed by atoms with Crippen LogP contribution in [0.2, 0.25) is 0 Å². The molecule has 0 bridgehead atoms. The zero-order chi connectivity index (χ0) is 14.3. The number of aryl methyl sites for hydroxylation is 2. The van der Waals surface area contributed by atoms with Gasteiger partial charge in [-0.25, -0.2) is 0 Å². The highest BCUT2D eigenvalue weighted by Crippen LogP contribution is 2.10. The molecule has 0 aromatic heterocycles. The molecule has 0 unspecified atom stereocenters. The molecular weight excluding hydrogens is 234 g/mol. The minimum absolute atomic E-state index is 0.623. The van der Waals surface area contributed by atoms with E-state index in [4.69, 9.17) is 0 Å². The van der Waals surface area contributed by atoms with Crippen LogP contribution in [-0.2, 0) is 6.42 Å². The number of hydrogen-bond acceptors (Lipinski definition) is 1. The van der Waals surface area contributed by atoms with Crippen LogP contribution in [-0.4, -0.2) is 26.1 Å². The highest BCUT2D eigenvalue weighted by atomic mass is 15.2. The largest absolute Gasteiger partial charge is 0.356 e. The first-order chi connectivity index (χ1) is 9.02. The van der Waals surface area contributed by atoms with Crippen molar-refractivity contribution >= 4 is 5.96 Å². The molecule has 0 spiro atoms. The van der Waals surface area contributed by atoms with Crippen LogP contribution in [0.5, 0.6) is 0 Å². The number of aliphatic imine (C=N–C) groups is 1. The average molecular weight is 261 g/mol. The second-order valence-corrected chi connectivity index (χ2v) is 5.45. The summed E-state index contributed by atoms with van der Waals surface area (Å²) in [6.07, 6.45) is 1.02. The Balaban J connectivity index is 2.40. The molecule has 0 saturated carbocycles. The van der Waals surface area contributed by atoms with Crippen molar-refractivity contribution < 1.29 is 0 Å². The smallest absolute Gasteiger partial charge is 0.190 e. The molecule has 0 saturated heterocycles. The predicted octanol–water partition coefficient (Wildman–Crippen LogP) is 2.67. The van der Waals surface area contributed by atoms with Gasteiger partial charge in [0.15, 0.2) is 5.96 Å². The van der Waals surface area contributed by atoms with E-state index in [0.29, 0.717) is 5.92 Å².